The molecule has 0 aromatic heterocycles. The Labute approximate surface area is 238 Å². The highest BCUT2D eigenvalue weighted by atomic mass is 16.6. The first-order valence-corrected chi connectivity index (χ1v) is 14.0. The van der Waals surface area contributed by atoms with Crippen LogP contribution in [0.25, 0.3) is 16.7 Å². The van der Waals surface area contributed by atoms with Gasteiger partial charge in [0.1, 0.15) is 12.4 Å². The van der Waals surface area contributed by atoms with Crippen molar-refractivity contribution in [2.75, 3.05) is 19.8 Å². The monoisotopic (exact) mass is 534 g/mol. The summed E-state index contributed by atoms with van der Waals surface area (Å²) in [6, 6.07) is 37.1. The Morgan fingerprint density at radius 3 is 2.10 bits per heavy atom. The molecule has 0 aliphatic carbocycles. The van der Waals surface area contributed by atoms with E-state index in [0.29, 0.717) is 26.2 Å². The van der Waals surface area contributed by atoms with Gasteiger partial charge in [-0.2, -0.15) is 0 Å². The highest BCUT2D eigenvalue weighted by molar-refractivity contribution is 5.75. The molecule has 0 saturated carbocycles. The third kappa shape index (κ3) is 8.96. The molecule has 4 rings (SSSR count). The molecule has 1 atom stereocenters. The zero-order chi connectivity index (χ0) is 28.0. The molecular formula is C36H38O4. The normalized spacial score (nSPS) is 12.1. The molecular weight excluding hydrogens is 496 g/mol. The predicted octanol–water partition coefficient (Wildman–Crippen LogP) is 7.96. The van der Waals surface area contributed by atoms with Crippen LogP contribution in [0.5, 0.6) is 5.75 Å². The number of esters is 1. The van der Waals surface area contributed by atoms with E-state index in [1.165, 1.54) is 22.3 Å². The minimum atomic E-state index is -0.624. The smallest absolute Gasteiger partial charge is 0.335 e. The summed E-state index contributed by atoms with van der Waals surface area (Å²) in [5, 5.41) is 0. The van der Waals surface area contributed by atoms with E-state index in [0.717, 1.165) is 29.7 Å². The molecule has 0 amide bonds. The number of carbonyl (C=O) groups excluding carboxylic acids is 1. The van der Waals surface area contributed by atoms with Gasteiger partial charge in [0.2, 0.25) is 0 Å². The van der Waals surface area contributed by atoms with Crippen molar-refractivity contribution in [1.82, 2.24) is 0 Å². The molecule has 4 heteroatoms. The second-order valence-corrected chi connectivity index (χ2v) is 9.69. The van der Waals surface area contributed by atoms with Gasteiger partial charge in [-0.25, -0.2) is 4.79 Å². The second-order valence-electron chi connectivity index (χ2n) is 9.69. The fourth-order valence-corrected chi connectivity index (χ4v) is 4.46. The Hall–Kier alpha value is -4.15. The number of hydrogen-bond donors (Lipinski definition) is 0. The number of ether oxygens (including phenoxy) is 3. The van der Waals surface area contributed by atoms with Gasteiger partial charge in [0.05, 0.1) is 6.61 Å². The van der Waals surface area contributed by atoms with E-state index in [1.54, 1.807) is 0 Å². The van der Waals surface area contributed by atoms with E-state index in [9.17, 15) is 4.79 Å². The zero-order valence-corrected chi connectivity index (χ0v) is 23.4. The lowest BCUT2D eigenvalue weighted by Gasteiger charge is -2.17. The first-order valence-electron chi connectivity index (χ1n) is 14.0. The molecule has 1 unspecified atom stereocenters. The molecule has 4 aromatic rings. The Morgan fingerprint density at radius 1 is 0.775 bits per heavy atom. The van der Waals surface area contributed by atoms with Gasteiger partial charge in [-0.15, -0.1) is 0 Å². The molecule has 0 radical (unpaired) electrons. The summed E-state index contributed by atoms with van der Waals surface area (Å²) in [6.07, 6.45) is 3.68. The van der Waals surface area contributed by atoms with Crippen LogP contribution in [0.4, 0.5) is 0 Å². The molecule has 0 heterocycles. The summed E-state index contributed by atoms with van der Waals surface area (Å²) < 4.78 is 17.2. The molecule has 4 aromatic carbocycles. The molecule has 206 valence electrons. The van der Waals surface area contributed by atoms with Crippen LogP contribution in [-0.2, 0) is 27.1 Å². The Balaban J connectivity index is 1.26. The summed E-state index contributed by atoms with van der Waals surface area (Å²) in [5.41, 5.74) is 7.02. The molecule has 40 heavy (non-hydrogen) atoms. The lowest BCUT2D eigenvalue weighted by Crippen LogP contribution is -2.29. The van der Waals surface area contributed by atoms with Gasteiger partial charge < -0.3 is 14.2 Å². The van der Waals surface area contributed by atoms with Crippen LogP contribution in [0.15, 0.2) is 115 Å². The highest BCUT2D eigenvalue weighted by Gasteiger charge is 2.21. The minimum absolute atomic E-state index is 0.319. The molecule has 0 aliphatic rings. The Kier molecular flexibility index (Phi) is 11.1. The third-order valence-corrected chi connectivity index (χ3v) is 6.75. The maximum absolute atomic E-state index is 12.5. The van der Waals surface area contributed by atoms with E-state index < -0.39 is 6.10 Å². The first kappa shape index (κ1) is 28.8. The van der Waals surface area contributed by atoms with Crippen molar-refractivity contribution in [1.29, 1.82) is 0 Å². The van der Waals surface area contributed by atoms with Gasteiger partial charge in [0.25, 0.3) is 0 Å². The average Bonchev–Trinajstić information content (AvgIpc) is 3.00. The van der Waals surface area contributed by atoms with Gasteiger partial charge >= 0.3 is 5.97 Å². The predicted molar refractivity (Wildman–Crippen MR) is 162 cm³/mol. The van der Waals surface area contributed by atoms with Crippen molar-refractivity contribution in [3.8, 4) is 16.9 Å². The lowest BCUT2D eigenvalue weighted by atomic mass is 10.0. The van der Waals surface area contributed by atoms with Gasteiger partial charge in [-0.05, 0) is 78.3 Å². The van der Waals surface area contributed by atoms with Gasteiger partial charge in [-0.1, -0.05) is 97.1 Å². The van der Waals surface area contributed by atoms with E-state index in [1.807, 2.05) is 55.5 Å². The third-order valence-electron chi connectivity index (χ3n) is 6.75. The van der Waals surface area contributed by atoms with E-state index >= 15 is 0 Å². The van der Waals surface area contributed by atoms with Gasteiger partial charge in [0.15, 0.2) is 6.10 Å². The summed E-state index contributed by atoms with van der Waals surface area (Å²) in [6.45, 7) is 5.22. The molecule has 4 nitrogen and oxygen atoms in total. The van der Waals surface area contributed by atoms with Crippen LogP contribution in [0, 0.1) is 0 Å². The van der Waals surface area contributed by atoms with Gasteiger partial charge in [0, 0.05) is 13.0 Å². The molecule has 0 spiro atoms. The lowest BCUT2D eigenvalue weighted by molar-refractivity contribution is -0.156. The zero-order valence-electron chi connectivity index (χ0n) is 23.4. The first-order chi connectivity index (χ1) is 19.6. The molecule has 0 N–H and O–H groups in total. The summed E-state index contributed by atoms with van der Waals surface area (Å²) in [5.74, 6) is 0.462. The molecule has 0 saturated heterocycles. The number of hydrogen-bond acceptors (Lipinski definition) is 4. The number of rotatable bonds is 14. The number of aryl methyl sites for hydroxylation is 1. The van der Waals surface area contributed by atoms with Crippen LogP contribution in [0.1, 0.15) is 37.0 Å². The van der Waals surface area contributed by atoms with Crippen molar-refractivity contribution in [2.45, 2.75) is 39.2 Å². The average molecular weight is 535 g/mol. The Morgan fingerprint density at radius 2 is 1.43 bits per heavy atom. The number of benzene rings is 4. The van der Waals surface area contributed by atoms with E-state index in [2.05, 4.69) is 73.7 Å². The largest absolute Gasteiger partial charge is 0.490 e. The highest BCUT2D eigenvalue weighted by Crippen LogP contribution is 2.22. The maximum Gasteiger partial charge on any atom is 0.335 e. The van der Waals surface area contributed by atoms with Crippen LogP contribution in [0.2, 0.25) is 0 Å². The van der Waals surface area contributed by atoms with Crippen LogP contribution >= 0.6 is 0 Å². The standard InChI is InChI=1S/C36H38O4/c1-3-38-36(37)35(40-25-10-13-29-11-6-4-7-12-29)27-30-16-22-34(23-17-30)39-26-24-28(2)31-18-20-33(21-19-31)32-14-8-5-9-15-32/h4-9,11-12,14-24,35H,3,10,13,25-27H2,1-2H3. The second kappa shape index (κ2) is 15.4. The van der Waals surface area contributed by atoms with Crippen molar-refractivity contribution < 1.29 is 19.0 Å². The van der Waals surface area contributed by atoms with E-state index in [-0.39, 0.29) is 5.97 Å². The topological polar surface area (TPSA) is 44.8 Å². The minimum Gasteiger partial charge on any atom is -0.490 e. The fourth-order valence-electron chi connectivity index (χ4n) is 4.46. The fraction of sp³-hybridized carbons (Fsp3) is 0.250. The van der Waals surface area contributed by atoms with Crippen LogP contribution < -0.4 is 4.74 Å². The summed E-state index contributed by atoms with van der Waals surface area (Å²) >= 11 is 0. The molecule has 0 aliphatic heterocycles. The van der Waals surface area contributed by atoms with Crippen LogP contribution in [0.3, 0.4) is 0 Å². The summed E-state index contributed by atoms with van der Waals surface area (Å²) in [4.78, 5) is 12.5. The van der Waals surface area contributed by atoms with E-state index in [4.69, 9.17) is 14.2 Å². The number of allylic oxidation sites excluding steroid dienone is 1. The molecule has 0 fully saturated rings. The molecule has 0 bridgehead atoms. The van der Waals surface area contributed by atoms with Crippen molar-refractivity contribution in [3.05, 3.63) is 132 Å². The van der Waals surface area contributed by atoms with Crippen molar-refractivity contribution in [2.24, 2.45) is 0 Å². The quantitative estimate of drug-likeness (QED) is 0.122. The number of carbonyl (C=O) groups is 1. The SMILES string of the molecule is CCOC(=O)C(Cc1ccc(OCC=C(C)c2ccc(-c3ccccc3)cc2)cc1)OCCCc1ccccc1. The summed E-state index contributed by atoms with van der Waals surface area (Å²) in [7, 11) is 0. The maximum atomic E-state index is 12.5. The van der Waals surface area contributed by atoms with Crippen LogP contribution in [-0.4, -0.2) is 31.9 Å². The van der Waals surface area contributed by atoms with Gasteiger partial charge in [-0.3, -0.25) is 0 Å². The van der Waals surface area contributed by atoms with Crippen molar-refractivity contribution >= 4 is 11.5 Å². The Bertz CT molecular complexity index is 1330. The van der Waals surface area contributed by atoms with Crippen molar-refractivity contribution in [3.63, 3.8) is 0 Å².